The molecule has 9 nitrogen and oxygen atoms in total. The molecule has 1 saturated carbocycles. The summed E-state index contributed by atoms with van der Waals surface area (Å²) in [6.45, 7) is 1.60. The van der Waals surface area contributed by atoms with E-state index in [1.54, 1.807) is 20.8 Å². The molecule has 2 aromatic rings. The first-order valence-electron chi connectivity index (χ1n) is 10.5. The van der Waals surface area contributed by atoms with Crippen molar-refractivity contribution < 1.29 is 36.6 Å². The molecule has 0 radical (unpaired) electrons. The van der Waals surface area contributed by atoms with E-state index in [-0.39, 0.29) is 34.8 Å². The van der Waals surface area contributed by atoms with Crippen molar-refractivity contribution in [2.45, 2.75) is 63.8 Å². The van der Waals surface area contributed by atoms with Gasteiger partial charge in [0.15, 0.2) is 11.9 Å². The molecule has 0 spiro atoms. The zero-order chi connectivity index (χ0) is 26.0. The van der Waals surface area contributed by atoms with Gasteiger partial charge in [-0.3, -0.25) is 0 Å². The molecule has 1 aliphatic carbocycles. The molecular formula is C21H24ClF4N5O4. The van der Waals surface area contributed by atoms with Crippen molar-refractivity contribution in [3.63, 3.8) is 0 Å². The Labute approximate surface area is 203 Å². The van der Waals surface area contributed by atoms with Gasteiger partial charge in [-0.15, -0.1) is 0 Å². The lowest BCUT2D eigenvalue weighted by molar-refractivity contribution is 0.0327. The molecule has 3 rings (SSSR count). The molecule has 0 bridgehead atoms. The van der Waals surface area contributed by atoms with Gasteiger partial charge in [-0.05, 0) is 51.3 Å². The Kier molecular flexibility index (Phi) is 7.77. The van der Waals surface area contributed by atoms with Crippen LogP contribution in [0.1, 0.15) is 51.8 Å². The van der Waals surface area contributed by atoms with Crippen LogP contribution in [-0.2, 0) is 9.47 Å². The van der Waals surface area contributed by atoms with Crippen molar-refractivity contribution in [2.75, 3.05) is 6.61 Å². The van der Waals surface area contributed by atoms with Gasteiger partial charge in [-0.2, -0.15) is 18.6 Å². The Balaban J connectivity index is 1.84. The molecule has 1 heterocycles. The third-order valence-electron chi connectivity index (χ3n) is 5.01. The number of amides is 2. The van der Waals surface area contributed by atoms with E-state index in [9.17, 15) is 27.2 Å². The minimum Gasteiger partial charge on any atom is -0.445 e. The molecule has 192 valence electrons. The van der Waals surface area contributed by atoms with Crippen LogP contribution in [0.2, 0.25) is 5.02 Å². The number of alkyl carbamates (subject to hydrolysis) is 2. The highest BCUT2D eigenvalue weighted by Crippen LogP contribution is 2.41. The van der Waals surface area contributed by atoms with Crippen LogP contribution in [0.4, 0.5) is 27.2 Å². The van der Waals surface area contributed by atoms with Crippen LogP contribution in [0.15, 0.2) is 24.5 Å². The van der Waals surface area contributed by atoms with Crippen LogP contribution in [0.3, 0.4) is 0 Å². The summed E-state index contributed by atoms with van der Waals surface area (Å²) in [4.78, 5) is 28.3. The first-order chi connectivity index (χ1) is 16.3. The van der Waals surface area contributed by atoms with Gasteiger partial charge in [0.05, 0.1) is 5.02 Å². The Morgan fingerprint density at radius 3 is 2.46 bits per heavy atom. The topological polar surface area (TPSA) is 107 Å². The highest BCUT2D eigenvalue weighted by Gasteiger charge is 2.52. The maximum absolute atomic E-state index is 13.3. The first-order valence-corrected chi connectivity index (χ1v) is 10.9. The van der Waals surface area contributed by atoms with Crippen LogP contribution in [-0.4, -0.2) is 51.1 Å². The number of nitrogens with one attached hydrogen (secondary N) is 2. The second kappa shape index (κ2) is 10.3. The van der Waals surface area contributed by atoms with Crippen molar-refractivity contribution in [3.8, 4) is 11.4 Å². The highest BCUT2D eigenvalue weighted by molar-refractivity contribution is 6.33. The van der Waals surface area contributed by atoms with Gasteiger partial charge in [-0.25, -0.2) is 23.4 Å². The zero-order valence-corrected chi connectivity index (χ0v) is 19.8. The minimum absolute atomic E-state index is 0.0610. The van der Waals surface area contributed by atoms with Crippen LogP contribution in [0, 0.1) is 0 Å². The van der Waals surface area contributed by atoms with Crippen LogP contribution in [0.25, 0.3) is 11.4 Å². The lowest BCUT2D eigenvalue weighted by Gasteiger charge is -2.24. The van der Waals surface area contributed by atoms with Crippen molar-refractivity contribution in [1.82, 2.24) is 25.4 Å². The van der Waals surface area contributed by atoms with Gasteiger partial charge in [0.2, 0.25) is 0 Å². The van der Waals surface area contributed by atoms with E-state index in [4.69, 9.17) is 21.1 Å². The molecule has 1 fully saturated rings. The number of hydrogen-bond acceptors (Lipinski definition) is 6. The number of carbonyl (C=O) groups is 2. The summed E-state index contributed by atoms with van der Waals surface area (Å²) in [7, 11) is 0. The number of carbonyl (C=O) groups excluding carboxylic acids is 2. The SMILES string of the molecule is CC(C)(C)NC(=O)O[C@H](COC(=O)NC1(C(F)F)CC1)c1ccc(Cl)c(-c2ncnn2C(F)F)c1. The number of rotatable bonds is 8. The fourth-order valence-corrected chi connectivity index (χ4v) is 3.29. The molecule has 14 heteroatoms. The maximum Gasteiger partial charge on any atom is 0.408 e. The number of benzene rings is 1. The summed E-state index contributed by atoms with van der Waals surface area (Å²) < 4.78 is 63.6. The molecule has 1 aliphatic rings. The lowest BCUT2D eigenvalue weighted by Crippen LogP contribution is -2.43. The minimum atomic E-state index is -2.99. The standard InChI is InChI=1S/C21H24ClF4N5O4/c1-20(2,3)29-19(33)35-14(9-34-18(32)30-21(6-7-21)16(23)24)11-4-5-13(22)12(8-11)15-27-10-28-31(15)17(25)26/h4-5,8,10,14,16-17H,6-7,9H2,1-3H3,(H,29,33)(H,30,32)/t14-/m1/s1. The zero-order valence-electron chi connectivity index (χ0n) is 19.0. The number of nitrogens with zero attached hydrogens (tertiary/aromatic N) is 3. The van der Waals surface area contributed by atoms with E-state index in [0.717, 1.165) is 6.33 Å². The smallest absolute Gasteiger partial charge is 0.408 e. The number of ether oxygens (including phenoxy) is 2. The van der Waals surface area contributed by atoms with Crippen LogP contribution >= 0.6 is 11.6 Å². The molecule has 0 aliphatic heterocycles. The summed E-state index contributed by atoms with van der Waals surface area (Å²) in [5, 5.41) is 8.25. The lowest BCUT2D eigenvalue weighted by atomic mass is 10.1. The normalized spacial score (nSPS) is 15.6. The maximum atomic E-state index is 13.3. The molecule has 1 aromatic heterocycles. The van der Waals surface area contributed by atoms with Gasteiger partial charge in [0, 0.05) is 11.1 Å². The predicted octanol–water partition coefficient (Wildman–Crippen LogP) is 5.08. The molecular weight excluding hydrogens is 498 g/mol. The number of halogens is 5. The largest absolute Gasteiger partial charge is 0.445 e. The quantitative estimate of drug-likeness (QED) is 0.469. The average Bonchev–Trinajstić information content (AvgIpc) is 3.35. The third-order valence-corrected chi connectivity index (χ3v) is 5.34. The fourth-order valence-electron chi connectivity index (χ4n) is 3.09. The molecule has 1 atom stereocenters. The van der Waals surface area contributed by atoms with E-state index >= 15 is 0 Å². The average molecular weight is 522 g/mol. The van der Waals surface area contributed by atoms with Gasteiger partial charge in [-0.1, -0.05) is 17.7 Å². The monoisotopic (exact) mass is 521 g/mol. The molecule has 2 amide bonds. The summed E-state index contributed by atoms with van der Waals surface area (Å²) in [6.07, 6.45) is -4.81. The van der Waals surface area contributed by atoms with Crippen molar-refractivity contribution >= 4 is 23.8 Å². The van der Waals surface area contributed by atoms with Crippen molar-refractivity contribution in [1.29, 1.82) is 0 Å². The number of aromatic nitrogens is 3. The first kappa shape index (κ1) is 26.5. The second-order valence-electron chi connectivity index (χ2n) is 8.99. The van der Waals surface area contributed by atoms with E-state index in [0.29, 0.717) is 4.68 Å². The van der Waals surface area contributed by atoms with Crippen LogP contribution < -0.4 is 10.6 Å². The summed E-state index contributed by atoms with van der Waals surface area (Å²) in [5.41, 5.74) is -2.00. The van der Waals surface area contributed by atoms with Gasteiger partial charge in [0.1, 0.15) is 18.5 Å². The van der Waals surface area contributed by atoms with E-state index < -0.39 is 49.0 Å². The van der Waals surface area contributed by atoms with Crippen molar-refractivity contribution in [2.24, 2.45) is 0 Å². The molecule has 0 saturated heterocycles. The fraction of sp³-hybridized carbons (Fsp3) is 0.524. The summed E-state index contributed by atoms with van der Waals surface area (Å²) >= 11 is 6.19. The van der Waals surface area contributed by atoms with Gasteiger partial charge in [0.25, 0.3) is 6.43 Å². The van der Waals surface area contributed by atoms with E-state index in [1.165, 1.54) is 18.2 Å². The molecule has 2 N–H and O–H groups in total. The number of hydrogen-bond donors (Lipinski definition) is 2. The Bertz CT molecular complexity index is 1070. The Morgan fingerprint density at radius 2 is 1.89 bits per heavy atom. The molecule has 0 unspecified atom stereocenters. The second-order valence-corrected chi connectivity index (χ2v) is 9.40. The third kappa shape index (κ3) is 6.74. The van der Waals surface area contributed by atoms with E-state index in [2.05, 4.69) is 20.7 Å². The van der Waals surface area contributed by atoms with E-state index in [1.807, 2.05) is 0 Å². The Morgan fingerprint density at radius 1 is 1.20 bits per heavy atom. The van der Waals surface area contributed by atoms with Crippen LogP contribution in [0.5, 0.6) is 0 Å². The number of alkyl halides is 4. The Hall–Kier alpha value is -3.09. The van der Waals surface area contributed by atoms with Gasteiger partial charge >= 0.3 is 18.7 Å². The summed E-state index contributed by atoms with van der Waals surface area (Å²) in [5.74, 6) is -0.240. The highest BCUT2D eigenvalue weighted by atomic mass is 35.5. The summed E-state index contributed by atoms with van der Waals surface area (Å²) in [6, 6.07) is 4.14. The predicted molar refractivity (Wildman–Crippen MR) is 116 cm³/mol. The van der Waals surface area contributed by atoms with Gasteiger partial charge < -0.3 is 20.1 Å². The molecule has 1 aromatic carbocycles. The molecule has 35 heavy (non-hydrogen) atoms. The van der Waals surface area contributed by atoms with Crippen molar-refractivity contribution in [3.05, 3.63) is 35.1 Å².